The third-order valence-corrected chi connectivity index (χ3v) is 11.8. The molecular formula is C45H44N4O3. The molecule has 0 aromatic heterocycles. The van der Waals surface area contributed by atoms with Gasteiger partial charge in [-0.3, -0.25) is 19.4 Å². The average molecular weight is 689 g/mol. The molecule has 3 aliphatic heterocycles. The van der Waals surface area contributed by atoms with Crippen LogP contribution in [0.3, 0.4) is 0 Å². The van der Waals surface area contributed by atoms with E-state index in [-0.39, 0.29) is 16.4 Å². The summed E-state index contributed by atoms with van der Waals surface area (Å²) in [5.41, 5.74) is 9.04. The summed E-state index contributed by atoms with van der Waals surface area (Å²) < 4.78 is 0. The second-order valence-corrected chi connectivity index (χ2v) is 15.5. The molecule has 4 amide bonds. The molecule has 8 rings (SSSR count). The minimum absolute atomic E-state index is 0.0398. The molecule has 7 heteroatoms. The molecule has 0 spiro atoms. The van der Waals surface area contributed by atoms with E-state index in [2.05, 4.69) is 149 Å². The molecule has 2 fully saturated rings. The van der Waals surface area contributed by atoms with Crippen molar-refractivity contribution in [2.75, 3.05) is 38.0 Å². The Kier molecular flexibility index (Phi) is 7.51. The Morgan fingerprint density at radius 2 is 0.904 bits per heavy atom. The molecule has 52 heavy (non-hydrogen) atoms. The number of urea groups is 1. The first kappa shape index (κ1) is 33.5. The van der Waals surface area contributed by atoms with Crippen LogP contribution in [-0.4, -0.2) is 55.8 Å². The molecule has 1 saturated heterocycles. The lowest BCUT2D eigenvalue weighted by molar-refractivity contribution is -0.134. The Labute approximate surface area is 305 Å². The lowest BCUT2D eigenvalue weighted by Crippen LogP contribution is -2.53. The number of anilines is 2. The fourth-order valence-electron chi connectivity index (χ4n) is 9.17. The molecule has 1 aliphatic carbocycles. The van der Waals surface area contributed by atoms with Gasteiger partial charge in [-0.1, -0.05) is 101 Å². The normalized spacial score (nSPS) is 22.8. The van der Waals surface area contributed by atoms with Crippen molar-refractivity contribution in [1.82, 2.24) is 9.80 Å². The van der Waals surface area contributed by atoms with Gasteiger partial charge in [-0.25, -0.2) is 4.79 Å². The van der Waals surface area contributed by atoms with Gasteiger partial charge in [0.2, 0.25) is 0 Å². The van der Waals surface area contributed by atoms with Gasteiger partial charge in [-0.05, 0) is 86.5 Å². The molecular weight excluding hydrogens is 645 g/mol. The zero-order chi connectivity index (χ0) is 36.9. The number of likely N-dealkylation sites (N-methyl/N-ethyl adjacent to an activating group) is 4. The van der Waals surface area contributed by atoms with Gasteiger partial charge in [0, 0.05) is 61.8 Å². The molecule has 7 nitrogen and oxygen atoms in total. The van der Waals surface area contributed by atoms with E-state index >= 15 is 0 Å². The molecule has 0 bridgehead atoms. The monoisotopic (exact) mass is 688 g/mol. The minimum atomic E-state index is -0.628. The second-order valence-electron chi connectivity index (χ2n) is 15.5. The largest absolute Gasteiger partial charge is 0.347 e. The number of barbiturate groups is 1. The molecule has 0 atom stereocenters. The molecule has 0 radical (unpaired) electrons. The summed E-state index contributed by atoms with van der Waals surface area (Å²) in [6, 6.07) is 25.1. The van der Waals surface area contributed by atoms with Crippen LogP contribution in [0.5, 0.6) is 0 Å². The highest BCUT2D eigenvalue weighted by atomic mass is 16.2. The van der Waals surface area contributed by atoms with Gasteiger partial charge >= 0.3 is 6.03 Å². The number of allylic oxidation sites excluding steroid dienone is 9. The first-order valence-electron chi connectivity index (χ1n) is 17.9. The van der Waals surface area contributed by atoms with Crippen molar-refractivity contribution in [2.45, 2.75) is 51.4 Å². The fraction of sp³-hybridized carbons (Fsp3) is 0.267. The Bertz CT molecular complexity index is 2270. The topological polar surface area (TPSA) is 64.2 Å². The van der Waals surface area contributed by atoms with Crippen LogP contribution in [0.25, 0.3) is 21.5 Å². The van der Waals surface area contributed by atoms with Crippen LogP contribution < -0.4 is 9.80 Å². The zero-order valence-electron chi connectivity index (χ0n) is 31.2. The van der Waals surface area contributed by atoms with Crippen molar-refractivity contribution >= 4 is 50.8 Å². The Balaban J connectivity index is 1.26. The third kappa shape index (κ3) is 4.68. The molecule has 3 heterocycles. The number of carbonyl (C=O) groups excluding carboxylic acids is 3. The number of hydrogen-bond acceptors (Lipinski definition) is 5. The standard InChI is InChI=1S/C45H44N4O3/c1-44(2)35(46(5)33-23-19-27-13-9-11-15-31(27)39(33)44)25-21-29-17-18-30(37(29)38-41(50)48(7)43(52)49(8)42(38)51)22-26-36-45(3,4)40-32-16-12-10-14-28(32)20-24-34(40)47(36)6/h9-16,19-26H,17-18H2,1-8H3/b29-21+,30-22+,35-25+,36-26+. The first-order valence-corrected chi connectivity index (χ1v) is 17.9. The van der Waals surface area contributed by atoms with Crippen molar-refractivity contribution in [1.29, 1.82) is 0 Å². The molecule has 1 saturated carbocycles. The second kappa shape index (κ2) is 11.7. The van der Waals surface area contributed by atoms with Gasteiger partial charge in [-0.15, -0.1) is 0 Å². The van der Waals surface area contributed by atoms with E-state index in [0.29, 0.717) is 18.4 Å². The van der Waals surface area contributed by atoms with Crippen LogP contribution in [0.2, 0.25) is 0 Å². The maximum Gasteiger partial charge on any atom is 0.333 e. The summed E-state index contributed by atoms with van der Waals surface area (Å²) in [6.45, 7) is 9.01. The number of benzene rings is 4. The van der Waals surface area contributed by atoms with Crippen molar-refractivity contribution in [3.05, 3.63) is 142 Å². The quantitative estimate of drug-likeness (QED) is 0.156. The van der Waals surface area contributed by atoms with Crippen LogP contribution in [0.1, 0.15) is 51.7 Å². The SMILES string of the molecule is CN1C(=O)C(=C2/C(=C/C=C3/N(C)c4ccc5ccccc5c4C3(C)C)CC/C2=C\C=C2\N(C)c3ccc4ccccc4c3C2(C)C)C(=O)N(C)C1=O. The van der Waals surface area contributed by atoms with Crippen LogP contribution in [-0.2, 0) is 20.4 Å². The van der Waals surface area contributed by atoms with Gasteiger partial charge in [0.15, 0.2) is 0 Å². The summed E-state index contributed by atoms with van der Waals surface area (Å²) in [4.78, 5) is 47.1. The van der Waals surface area contributed by atoms with Crippen LogP contribution in [0, 0.1) is 0 Å². The predicted molar refractivity (Wildman–Crippen MR) is 210 cm³/mol. The first-order chi connectivity index (χ1) is 24.7. The molecule has 4 aromatic carbocycles. The summed E-state index contributed by atoms with van der Waals surface area (Å²) in [5.74, 6) is -1.15. The van der Waals surface area contributed by atoms with Crippen LogP contribution in [0.15, 0.2) is 131 Å². The summed E-state index contributed by atoms with van der Waals surface area (Å²) >= 11 is 0. The lowest BCUT2D eigenvalue weighted by Gasteiger charge is -2.30. The predicted octanol–water partition coefficient (Wildman–Crippen LogP) is 8.91. The van der Waals surface area contributed by atoms with E-state index in [4.69, 9.17) is 0 Å². The molecule has 0 unspecified atom stereocenters. The summed E-state index contributed by atoms with van der Waals surface area (Å²) in [5, 5.41) is 4.88. The molecule has 4 aliphatic rings. The van der Waals surface area contributed by atoms with Gasteiger partial charge < -0.3 is 9.80 Å². The van der Waals surface area contributed by atoms with E-state index in [1.807, 2.05) is 0 Å². The number of fused-ring (bicyclic) bond motifs is 6. The number of hydrogen-bond donors (Lipinski definition) is 0. The smallest absolute Gasteiger partial charge is 0.333 e. The minimum Gasteiger partial charge on any atom is -0.347 e. The van der Waals surface area contributed by atoms with Crippen molar-refractivity contribution in [3.8, 4) is 0 Å². The average Bonchev–Trinajstić information content (AvgIpc) is 3.68. The van der Waals surface area contributed by atoms with Gasteiger partial charge in [-0.2, -0.15) is 0 Å². The van der Waals surface area contributed by atoms with Crippen LogP contribution in [0.4, 0.5) is 16.2 Å². The molecule has 262 valence electrons. The highest BCUT2D eigenvalue weighted by molar-refractivity contribution is 6.29. The highest BCUT2D eigenvalue weighted by Gasteiger charge is 2.44. The Morgan fingerprint density at radius 3 is 1.33 bits per heavy atom. The van der Waals surface area contributed by atoms with E-state index < -0.39 is 17.8 Å². The third-order valence-electron chi connectivity index (χ3n) is 11.8. The number of carbonyl (C=O) groups is 3. The Morgan fingerprint density at radius 1 is 0.500 bits per heavy atom. The van der Waals surface area contributed by atoms with Crippen molar-refractivity contribution in [2.24, 2.45) is 0 Å². The number of nitrogens with zero attached hydrogens (tertiary/aromatic N) is 4. The van der Waals surface area contributed by atoms with Crippen molar-refractivity contribution < 1.29 is 14.4 Å². The highest BCUT2D eigenvalue weighted by Crippen LogP contribution is 2.52. The van der Waals surface area contributed by atoms with Gasteiger partial charge in [0.05, 0.1) is 0 Å². The van der Waals surface area contributed by atoms with Crippen molar-refractivity contribution in [3.63, 3.8) is 0 Å². The van der Waals surface area contributed by atoms with E-state index in [1.54, 1.807) is 0 Å². The number of imide groups is 2. The van der Waals surface area contributed by atoms with Gasteiger partial charge in [0.1, 0.15) is 5.57 Å². The van der Waals surface area contributed by atoms with E-state index in [1.165, 1.54) is 58.1 Å². The lowest BCUT2D eigenvalue weighted by atomic mass is 9.81. The number of amides is 4. The summed E-state index contributed by atoms with van der Waals surface area (Å²) in [7, 11) is 7.08. The van der Waals surface area contributed by atoms with Crippen LogP contribution >= 0.6 is 0 Å². The maximum absolute atomic E-state index is 13.8. The summed E-state index contributed by atoms with van der Waals surface area (Å²) in [6.07, 6.45) is 9.79. The zero-order valence-corrected chi connectivity index (χ0v) is 31.2. The maximum atomic E-state index is 13.8. The number of rotatable bonds is 2. The van der Waals surface area contributed by atoms with Gasteiger partial charge in [0.25, 0.3) is 11.8 Å². The van der Waals surface area contributed by atoms with E-state index in [9.17, 15) is 14.4 Å². The molecule has 0 N–H and O–H groups in total. The Hall–Kier alpha value is -5.69. The van der Waals surface area contributed by atoms with E-state index in [0.717, 1.165) is 32.3 Å². The molecule has 4 aromatic rings. The fourth-order valence-corrected chi connectivity index (χ4v) is 9.17.